The molecule has 2 heterocycles. The monoisotopic (exact) mass is 348 g/mol. The van der Waals surface area contributed by atoms with Crippen LogP contribution in [0.1, 0.15) is 0 Å². The van der Waals surface area contributed by atoms with Crippen molar-refractivity contribution in [2.45, 2.75) is 0 Å². The molecule has 0 radical (unpaired) electrons. The summed E-state index contributed by atoms with van der Waals surface area (Å²) in [6, 6.07) is 14.0. The third-order valence-electron chi connectivity index (χ3n) is 4.09. The van der Waals surface area contributed by atoms with E-state index in [1.807, 2.05) is 48.1 Å². The summed E-state index contributed by atoms with van der Waals surface area (Å²) in [6.07, 6.45) is 3.75. The molecule has 0 aliphatic rings. The number of aromatic nitrogens is 2. The summed E-state index contributed by atoms with van der Waals surface area (Å²) < 4.78 is 10.8. The van der Waals surface area contributed by atoms with Gasteiger partial charge in [0.05, 0.1) is 19.9 Å². The van der Waals surface area contributed by atoms with Gasteiger partial charge in [-0.1, -0.05) is 24.3 Å². The van der Waals surface area contributed by atoms with Crippen molar-refractivity contribution < 1.29 is 9.47 Å². The zero-order valence-electron chi connectivity index (χ0n) is 13.9. The molecular weight excluding hydrogens is 332 g/mol. The van der Waals surface area contributed by atoms with E-state index < -0.39 is 0 Å². The largest absolute Gasteiger partial charge is 0.497 e. The molecule has 0 aliphatic carbocycles. The Hall–Kier alpha value is -2.92. The van der Waals surface area contributed by atoms with E-state index in [-0.39, 0.29) is 0 Å². The molecule has 0 fully saturated rings. The maximum absolute atomic E-state index is 5.50. The highest BCUT2D eigenvalue weighted by molar-refractivity contribution is 7.13. The molecule has 124 valence electrons. The summed E-state index contributed by atoms with van der Waals surface area (Å²) in [6.45, 7) is 0. The minimum Gasteiger partial charge on any atom is -0.497 e. The molecule has 0 unspecified atom stereocenters. The fourth-order valence-corrected chi connectivity index (χ4v) is 3.66. The van der Waals surface area contributed by atoms with E-state index in [0.717, 1.165) is 44.1 Å². The van der Waals surface area contributed by atoms with Gasteiger partial charge in [0.1, 0.15) is 16.5 Å². The summed E-state index contributed by atoms with van der Waals surface area (Å²) in [4.78, 5) is 9.18. The molecule has 25 heavy (non-hydrogen) atoms. The van der Waals surface area contributed by atoms with Gasteiger partial charge in [-0.3, -0.25) is 4.98 Å². The Kier molecular flexibility index (Phi) is 4.07. The SMILES string of the molecule is COc1ccc(-c2csc(-c3cncc4ccccc34)n2)c(OC)c1. The van der Waals surface area contributed by atoms with Gasteiger partial charge in [0, 0.05) is 40.4 Å². The molecule has 4 aromatic rings. The van der Waals surface area contributed by atoms with E-state index in [1.165, 1.54) is 0 Å². The lowest BCUT2D eigenvalue weighted by Gasteiger charge is -2.08. The molecular formula is C20H16N2O2S. The highest BCUT2D eigenvalue weighted by Gasteiger charge is 2.13. The lowest BCUT2D eigenvalue weighted by Crippen LogP contribution is -1.90. The topological polar surface area (TPSA) is 44.2 Å². The van der Waals surface area contributed by atoms with Gasteiger partial charge in [0.25, 0.3) is 0 Å². The van der Waals surface area contributed by atoms with Gasteiger partial charge < -0.3 is 9.47 Å². The number of thiazole rings is 1. The highest BCUT2D eigenvalue weighted by Crippen LogP contribution is 2.37. The van der Waals surface area contributed by atoms with E-state index >= 15 is 0 Å². The van der Waals surface area contributed by atoms with Crippen LogP contribution in [0, 0.1) is 0 Å². The van der Waals surface area contributed by atoms with Crippen molar-refractivity contribution in [2.75, 3.05) is 14.2 Å². The van der Waals surface area contributed by atoms with Crippen molar-refractivity contribution in [3.63, 3.8) is 0 Å². The summed E-state index contributed by atoms with van der Waals surface area (Å²) in [5.74, 6) is 1.50. The lowest BCUT2D eigenvalue weighted by molar-refractivity contribution is 0.395. The predicted octanol–water partition coefficient (Wildman–Crippen LogP) is 5.04. The molecule has 2 aromatic carbocycles. The van der Waals surface area contributed by atoms with Gasteiger partial charge in [-0.2, -0.15) is 0 Å². The summed E-state index contributed by atoms with van der Waals surface area (Å²) in [5, 5.41) is 5.25. The van der Waals surface area contributed by atoms with Crippen LogP contribution < -0.4 is 9.47 Å². The summed E-state index contributed by atoms with van der Waals surface area (Å²) >= 11 is 1.60. The number of pyridine rings is 1. The second-order valence-electron chi connectivity index (χ2n) is 5.51. The number of hydrogen-bond donors (Lipinski definition) is 0. The standard InChI is InChI=1S/C20H16N2O2S/c1-23-14-7-8-16(19(9-14)24-2)18-12-25-20(22-18)17-11-21-10-13-5-3-4-6-15(13)17/h3-12H,1-2H3. The molecule has 4 rings (SSSR count). The van der Waals surface area contributed by atoms with E-state index in [2.05, 4.69) is 17.1 Å². The van der Waals surface area contributed by atoms with Crippen molar-refractivity contribution in [1.82, 2.24) is 9.97 Å². The first-order chi connectivity index (χ1) is 12.3. The first-order valence-electron chi connectivity index (χ1n) is 7.81. The van der Waals surface area contributed by atoms with Crippen molar-refractivity contribution in [3.05, 3.63) is 60.2 Å². The van der Waals surface area contributed by atoms with Crippen LogP contribution in [0.15, 0.2) is 60.2 Å². The van der Waals surface area contributed by atoms with Gasteiger partial charge in [-0.15, -0.1) is 11.3 Å². The minimum absolute atomic E-state index is 0.743. The molecule has 5 heteroatoms. The van der Waals surface area contributed by atoms with Gasteiger partial charge in [0.15, 0.2) is 0 Å². The van der Waals surface area contributed by atoms with Crippen LogP contribution in [0.25, 0.3) is 32.6 Å². The third kappa shape index (κ3) is 2.83. The molecule has 0 spiro atoms. The van der Waals surface area contributed by atoms with E-state index in [1.54, 1.807) is 25.6 Å². The Morgan fingerprint density at radius 2 is 1.80 bits per heavy atom. The van der Waals surface area contributed by atoms with Gasteiger partial charge in [-0.25, -0.2) is 4.98 Å². The van der Waals surface area contributed by atoms with Crippen LogP contribution in [0.2, 0.25) is 0 Å². The van der Waals surface area contributed by atoms with Crippen molar-refractivity contribution in [3.8, 4) is 33.3 Å². The van der Waals surface area contributed by atoms with Crippen LogP contribution in [0.4, 0.5) is 0 Å². The Morgan fingerprint density at radius 3 is 2.64 bits per heavy atom. The maximum Gasteiger partial charge on any atom is 0.131 e. The first kappa shape index (κ1) is 15.6. The average molecular weight is 348 g/mol. The van der Waals surface area contributed by atoms with Gasteiger partial charge in [0.2, 0.25) is 0 Å². The number of hydrogen-bond acceptors (Lipinski definition) is 5. The molecule has 0 bridgehead atoms. The number of methoxy groups -OCH3 is 2. The fraction of sp³-hybridized carbons (Fsp3) is 0.100. The van der Waals surface area contributed by atoms with Crippen LogP contribution >= 0.6 is 11.3 Å². The molecule has 0 aliphatic heterocycles. The van der Waals surface area contributed by atoms with Gasteiger partial charge in [-0.05, 0) is 17.5 Å². The molecule has 0 N–H and O–H groups in total. The lowest BCUT2D eigenvalue weighted by atomic mass is 10.1. The van der Waals surface area contributed by atoms with E-state index in [4.69, 9.17) is 14.5 Å². The fourth-order valence-electron chi connectivity index (χ4n) is 2.82. The van der Waals surface area contributed by atoms with Crippen molar-refractivity contribution in [2.24, 2.45) is 0 Å². The van der Waals surface area contributed by atoms with Gasteiger partial charge >= 0.3 is 0 Å². The van der Waals surface area contributed by atoms with E-state index in [9.17, 15) is 0 Å². The molecule has 0 saturated carbocycles. The second kappa shape index (κ2) is 6.53. The Bertz CT molecular complexity index is 1040. The predicted molar refractivity (Wildman–Crippen MR) is 101 cm³/mol. The van der Waals surface area contributed by atoms with Crippen LogP contribution in [0.5, 0.6) is 11.5 Å². The maximum atomic E-state index is 5.50. The third-order valence-corrected chi connectivity index (χ3v) is 4.96. The van der Waals surface area contributed by atoms with Crippen LogP contribution in [-0.2, 0) is 0 Å². The number of ether oxygens (including phenoxy) is 2. The highest BCUT2D eigenvalue weighted by atomic mass is 32.1. The number of benzene rings is 2. The second-order valence-corrected chi connectivity index (χ2v) is 6.37. The molecule has 0 saturated heterocycles. The average Bonchev–Trinajstić information content (AvgIpc) is 3.16. The molecule has 4 nitrogen and oxygen atoms in total. The zero-order valence-corrected chi connectivity index (χ0v) is 14.7. The zero-order chi connectivity index (χ0) is 17.2. The first-order valence-corrected chi connectivity index (χ1v) is 8.69. The molecule has 0 amide bonds. The van der Waals surface area contributed by atoms with Crippen molar-refractivity contribution in [1.29, 1.82) is 0 Å². The number of nitrogens with zero attached hydrogens (tertiary/aromatic N) is 2. The smallest absolute Gasteiger partial charge is 0.131 e. The Morgan fingerprint density at radius 1 is 0.920 bits per heavy atom. The van der Waals surface area contributed by atoms with Crippen LogP contribution in [0.3, 0.4) is 0 Å². The Balaban J connectivity index is 1.81. The Labute approximate surface area is 149 Å². The molecule has 0 atom stereocenters. The number of fused-ring (bicyclic) bond motifs is 1. The summed E-state index contributed by atoms with van der Waals surface area (Å²) in [5.41, 5.74) is 2.87. The normalized spacial score (nSPS) is 10.8. The van der Waals surface area contributed by atoms with E-state index in [0.29, 0.717) is 0 Å². The quantitative estimate of drug-likeness (QED) is 0.518. The van der Waals surface area contributed by atoms with Crippen molar-refractivity contribution >= 4 is 22.1 Å². The minimum atomic E-state index is 0.743. The number of rotatable bonds is 4. The molecule has 2 aromatic heterocycles. The van der Waals surface area contributed by atoms with Crippen LogP contribution in [-0.4, -0.2) is 24.2 Å². The summed E-state index contributed by atoms with van der Waals surface area (Å²) in [7, 11) is 3.29.